The van der Waals surface area contributed by atoms with Gasteiger partial charge in [0.05, 0.1) is 0 Å². The fraction of sp³-hybridized carbons (Fsp3) is 0.750. The molecule has 0 spiro atoms. The summed E-state index contributed by atoms with van der Waals surface area (Å²) in [5.74, 6) is 6.31. The van der Waals surface area contributed by atoms with Gasteiger partial charge in [0.25, 0.3) is 0 Å². The van der Waals surface area contributed by atoms with Gasteiger partial charge in [-0.05, 0) is 0 Å². The van der Waals surface area contributed by atoms with Gasteiger partial charge in [-0.25, -0.2) is 0 Å². The van der Waals surface area contributed by atoms with E-state index in [2.05, 4.69) is 11.8 Å². The zero-order chi connectivity index (χ0) is 7.98. The average Bonchev–Trinajstić information content (AvgIpc) is 1.90. The van der Waals surface area contributed by atoms with Crippen LogP contribution in [0.5, 0.6) is 0 Å². The molecule has 2 heteroatoms. The molecule has 0 radical (unpaired) electrons. The lowest BCUT2D eigenvalue weighted by atomic mass is 10.2. The van der Waals surface area contributed by atoms with Crippen LogP contribution in [0.4, 0.5) is 0 Å². The van der Waals surface area contributed by atoms with Crippen LogP contribution in [0.1, 0.15) is 13.8 Å². The highest BCUT2D eigenvalue weighted by molar-refractivity contribution is 5.07. The zero-order valence-corrected chi connectivity index (χ0v) is 6.85. The molecule has 0 aliphatic heterocycles. The second kappa shape index (κ2) is 5.28. The first-order valence-corrected chi connectivity index (χ1v) is 3.44. The molecule has 1 unspecified atom stereocenters. The summed E-state index contributed by atoms with van der Waals surface area (Å²) in [6.45, 7) is 4.54. The predicted octanol–water partition coefficient (Wildman–Crippen LogP) is 0.620. The van der Waals surface area contributed by atoms with Crippen LogP contribution < -0.4 is 5.73 Å². The highest BCUT2D eigenvalue weighted by Gasteiger charge is 1.96. The average molecular weight is 141 g/mol. The molecule has 0 amide bonds. The molecule has 0 fully saturated rings. The molecule has 0 aromatic rings. The summed E-state index contributed by atoms with van der Waals surface area (Å²) in [6.07, 6.45) is -0.0950. The Morgan fingerprint density at radius 1 is 1.40 bits per heavy atom. The maximum absolute atomic E-state index is 5.34. The van der Waals surface area contributed by atoms with Crippen molar-refractivity contribution in [3.05, 3.63) is 0 Å². The van der Waals surface area contributed by atoms with Crippen LogP contribution in [0.3, 0.4) is 0 Å². The van der Waals surface area contributed by atoms with E-state index >= 15 is 0 Å². The predicted molar refractivity (Wildman–Crippen MR) is 42.5 cm³/mol. The second-order valence-electron chi connectivity index (χ2n) is 2.40. The first-order valence-electron chi connectivity index (χ1n) is 3.44. The maximum Gasteiger partial charge on any atom is 0.129 e. The molecule has 58 valence electrons. The monoisotopic (exact) mass is 141 g/mol. The molecule has 2 nitrogen and oxygen atoms in total. The van der Waals surface area contributed by atoms with Gasteiger partial charge >= 0.3 is 0 Å². The summed E-state index contributed by atoms with van der Waals surface area (Å²) in [5.41, 5.74) is 5.34. The van der Waals surface area contributed by atoms with Crippen LogP contribution in [0.25, 0.3) is 0 Å². The molecule has 0 heterocycles. The summed E-state index contributed by atoms with van der Waals surface area (Å²) in [6, 6.07) is 0. The van der Waals surface area contributed by atoms with Crippen molar-refractivity contribution in [3.8, 4) is 11.8 Å². The molecule has 2 N–H and O–H groups in total. The molecule has 0 saturated carbocycles. The third-order valence-corrected chi connectivity index (χ3v) is 1.03. The number of hydrogen-bond acceptors (Lipinski definition) is 2. The Kier molecular flexibility index (Phi) is 5.00. The van der Waals surface area contributed by atoms with Crippen LogP contribution in [-0.4, -0.2) is 19.8 Å². The van der Waals surface area contributed by atoms with E-state index in [0.29, 0.717) is 12.5 Å². The van der Waals surface area contributed by atoms with Gasteiger partial charge in [0, 0.05) is 19.6 Å². The minimum absolute atomic E-state index is 0.0950. The summed E-state index contributed by atoms with van der Waals surface area (Å²) in [5, 5.41) is 0. The third-order valence-electron chi connectivity index (χ3n) is 1.03. The highest BCUT2D eigenvalue weighted by Crippen LogP contribution is 1.88. The fourth-order valence-electron chi connectivity index (χ4n) is 0.474. The van der Waals surface area contributed by atoms with E-state index in [4.69, 9.17) is 10.5 Å². The Labute approximate surface area is 62.7 Å². The van der Waals surface area contributed by atoms with Crippen molar-refractivity contribution >= 4 is 0 Å². The van der Waals surface area contributed by atoms with Crippen molar-refractivity contribution in [2.45, 2.75) is 20.0 Å². The Balaban J connectivity index is 3.74. The Bertz CT molecular complexity index is 128. The first kappa shape index (κ1) is 9.48. The molecule has 1 atom stereocenters. The number of ether oxygens (including phenoxy) is 1. The molecule has 0 rings (SSSR count). The quantitative estimate of drug-likeness (QED) is 0.572. The summed E-state index contributed by atoms with van der Waals surface area (Å²) >= 11 is 0. The summed E-state index contributed by atoms with van der Waals surface area (Å²) < 4.78 is 4.95. The van der Waals surface area contributed by atoms with Gasteiger partial charge in [0.15, 0.2) is 0 Å². The molecule has 0 aliphatic rings. The number of methoxy groups -OCH3 is 1. The van der Waals surface area contributed by atoms with Crippen molar-refractivity contribution in [3.63, 3.8) is 0 Å². The zero-order valence-electron chi connectivity index (χ0n) is 6.85. The van der Waals surface area contributed by atoms with E-state index in [1.54, 1.807) is 7.11 Å². The molecular formula is C8H15NO. The van der Waals surface area contributed by atoms with Crippen molar-refractivity contribution in [2.24, 2.45) is 11.7 Å². The number of nitrogens with two attached hydrogens (primary N) is 1. The third kappa shape index (κ3) is 4.37. The molecule has 0 bridgehead atoms. The first-order chi connectivity index (χ1) is 4.70. The van der Waals surface area contributed by atoms with E-state index in [9.17, 15) is 0 Å². The van der Waals surface area contributed by atoms with E-state index in [1.807, 2.05) is 13.8 Å². The molecular weight excluding hydrogens is 126 g/mol. The van der Waals surface area contributed by atoms with Crippen LogP contribution in [0.15, 0.2) is 0 Å². The smallest absolute Gasteiger partial charge is 0.129 e. The van der Waals surface area contributed by atoms with Gasteiger partial charge in [0.1, 0.15) is 6.10 Å². The molecule has 0 saturated heterocycles. The lowest BCUT2D eigenvalue weighted by Gasteiger charge is -2.02. The Morgan fingerprint density at radius 2 is 2.00 bits per heavy atom. The van der Waals surface area contributed by atoms with Crippen LogP contribution in [0.2, 0.25) is 0 Å². The fourth-order valence-corrected chi connectivity index (χ4v) is 0.474. The molecule has 0 aliphatic carbocycles. The van der Waals surface area contributed by atoms with Gasteiger partial charge in [0.2, 0.25) is 0 Å². The molecule has 0 aromatic heterocycles. The van der Waals surface area contributed by atoms with Crippen LogP contribution >= 0.6 is 0 Å². The molecule has 10 heavy (non-hydrogen) atoms. The van der Waals surface area contributed by atoms with Gasteiger partial charge < -0.3 is 10.5 Å². The number of rotatable bonds is 2. The van der Waals surface area contributed by atoms with Crippen LogP contribution in [-0.2, 0) is 4.74 Å². The van der Waals surface area contributed by atoms with Gasteiger partial charge in [-0.15, -0.1) is 0 Å². The Hall–Kier alpha value is -0.520. The molecule has 0 aromatic carbocycles. The minimum atomic E-state index is -0.0950. The van der Waals surface area contributed by atoms with Crippen molar-refractivity contribution < 1.29 is 4.74 Å². The lowest BCUT2D eigenvalue weighted by molar-refractivity contribution is 0.155. The summed E-state index contributed by atoms with van der Waals surface area (Å²) in [4.78, 5) is 0. The highest BCUT2D eigenvalue weighted by atomic mass is 16.5. The van der Waals surface area contributed by atoms with Gasteiger partial charge in [-0.1, -0.05) is 25.7 Å². The minimum Gasteiger partial charge on any atom is -0.367 e. The van der Waals surface area contributed by atoms with Gasteiger partial charge in [-0.2, -0.15) is 0 Å². The maximum atomic E-state index is 5.34. The Morgan fingerprint density at radius 3 is 2.30 bits per heavy atom. The topological polar surface area (TPSA) is 35.2 Å². The van der Waals surface area contributed by atoms with Gasteiger partial charge in [-0.3, -0.25) is 0 Å². The van der Waals surface area contributed by atoms with Crippen LogP contribution in [0, 0.1) is 17.8 Å². The van der Waals surface area contributed by atoms with E-state index < -0.39 is 0 Å². The van der Waals surface area contributed by atoms with Crippen molar-refractivity contribution in [2.75, 3.05) is 13.7 Å². The van der Waals surface area contributed by atoms with Crippen molar-refractivity contribution in [1.29, 1.82) is 0 Å². The SMILES string of the molecule is COC(C#CC(C)C)CN. The standard InChI is InChI=1S/C8H15NO/c1-7(2)4-5-8(6-9)10-3/h7-8H,6,9H2,1-3H3. The van der Waals surface area contributed by atoms with E-state index in [1.165, 1.54) is 0 Å². The number of hydrogen-bond donors (Lipinski definition) is 1. The normalized spacial score (nSPS) is 12.5. The van der Waals surface area contributed by atoms with E-state index in [-0.39, 0.29) is 6.10 Å². The summed E-state index contributed by atoms with van der Waals surface area (Å²) in [7, 11) is 1.62. The second-order valence-corrected chi connectivity index (χ2v) is 2.40. The van der Waals surface area contributed by atoms with E-state index in [0.717, 1.165) is 0 Å². The lowest BCUT2D eigenvalue weighted by Crippen LogP contribution is -2.20. The largest absolute Gasteiger partial charge is 0.367 e. The van der Waals surface area contributed by atoms with Crippen molar-refractivity contribution in [1.82, 2.24) is 0 Å².